The molecule has 1 heterocycles. The third-order valence-corrected chi connectivity index (χ3v) is 4.42. The maximum atomic E-state index is 13.0. The molecule has 1 atom stereocenters. The second kappa shape index (κ2) is 6.75. The summed E-state index contributed by atoms with van der Waals surface area (Å²) >= 11 is 0. The van der Waals surface area contributed by atoms with Crippen molar-refractivity contribution in [2.75, 3.05) is 6.16 Å². The van der Waals surface area contributed by atoms with Gasteiger partial charge in [0.2, 0.25) is 0 Å². The van der Waals surface area contributed by atoms with Crippen LogP contribution in [0.1, 0.15) is 18.1 Å². The van der Waals surface area contributed by atoms with Crippen LogP contribution in [0.25, 0.3) is 11.0 Å². The predicted octanol–water partition coefficient (Wildman–Crippen LogP) is 0.891. The van der Waals surface area contributed by atoms with Crippen molar-refractivity contribution in [3.63, 3.8) is 0 Å². The van der Waals surface area contributed by atoms with Gasteiger partial charge in [-0.2, -0.15) is 13.2 Å². The van der Waals surface area contributed by atoms with Crippen LogP contribution in [0.2, 0.25) is 0 Å². The van der Waals surface area contributed by atoms with Crippen molar-refractivity contribution in [1.82, 2.24) is 15.3 Å². The quantitative estimate of drug-likeness (QED) is 0.386. The average molecular weight is 381 g/mol. The van der Waals surface area contributed by atoms with Crippen molar-refractivity contribution in [2.24, 2.45) is 0 Å². The highest BCUT2D eigenvalue weighted by molar-refractivity contribution is 7.51. The van der Waals surface area contributed by atoms with Crippen molar-refractivity contribution in [1.29, 1.82) is 0 Å². The Morgan fingerprint density at radius 1 is 1.20 bits per heavy atom. The van der Waals surface area contributed by atoms with Gasteiger partial charge in [0.05, 0.1) is 22.8 Å². The smallest absolute Gasteiger partial charge is 0.324 e. The second-order valence-corrected chi connectivity index (χ2v) is 7.29. The van der Waals surface area contributed by atoms with Crippen LogP contribution < -0.4 is 16.4 Å². The van der Waals surface area contributed by atoms with Gasteiger partial charge in [-0.3, -0.25) is 14.2 Å². The summed E-state index contributed by atoms with van der Waals surface area (Å²) in [5, 5.41) is 2.69. The third-order valence-electron chi connectivity index (χ3n) is 3.39. The second-order valence-electron chi connectivity index (χ2n) is 5.59. The van der Waals surface area contributed by atoms with Gasteiger partial charge in [0.25, 0.3) is 0 Å². The van der Waals surface area contributed by atoms with Gasteiger partial charge in [-0.15, -0.1) is 0 Å². The fourth-order valence-electron chi connectivity index (χ4n) is 2.31. The lowest BCUT2D eigenvalue weighted by atomic mass is 10.1. The van der Waals surface area contributed by atoms with Crippen LogP contribution in [0.4, 0.5) is 13.2 Å². The molecular formula is C13H15F3N3O5P. The van der Waals surface area contributed by atoms with Crippen molar-refractivity contribution >= 4 is 18.6 Å². The number of alkyl halides is 3. The Balaban J connectivity index is 2.46. The number of hydrogen-bond acceptors (Lipinski definition) is 4. The van der Waals surface area contributed by atoms with E-state index in [-0.39, 0.29) is 23.1 Å². The van der Waals surface area contributed by atoms with E-state index in [4.69, 9.17) is 9.79 Å². The Morgan fingerprint density at radius 3 is 2.36 bits per heavy atom. The molecule has 0 aliphatic heterocycles. The molecule has 0 unspecified atom stereocenters. The van der Waals surface area contributed by atoms with Crippen LogP contribution in [-0.2, 0) is 17.3 Å². The number of benzene rings is 1. The van der Waals surface area contributed by atoms with E-state index in [1.165, 1.54) is 6.92 Å². The topological polar surface area (TPSA) is 135 Å². The molecule has 0 amide bonds. The van der Waals surface area contributed by atoms with E-state index in [0.717, 1.165) is 6.07 Å². The Morgan fingerprint density at radius 2 is 1.80 bits per heavy atom. The first-order chi connectivity index (χ1) is 11.4. The number of rotatable bonds is 5. The molecule has 5 N–H and O–H groups in total. The zero-order valence-electron chi connectivity index (χ0n) is 12.8. The minimum atomic E-state index is -4.67. The van der Waals surface area contributed by atoms with Crippen LogP contribution in [0.5, 0.6) is 0 Å². The van der Waals surface area contributed by atoms with E-state index in [2.05, 4.69) is 15.3 Å². The van der Waals surface area contributed by atoms with Crippen LogP contribution in [0.3, 0.4) is 0 Å². The zero-order valence-corrected chi connectivity index (χ0v) is 13.7. The third kappa shape index (κ3) is 5.02. The van der Waals surface area contributed by atoms with Gasteiger partial charge in [0, 0.05) is 12.6 Å². The molecule has 1 aromatic carbocycles. The number of aromatic nitrogens is 2. The predicted molar refractivity (Wildman–Crippen MR) is 83.4 cm³/mol. The van der Waals surface area contributed by atoms with Crippen molar-refractivity contribution < 1.29 is 27.5 Å². The number of halogens is 3. The van der Waals surface area contributed by atoms with Gasteiger partial charge in [0.1, 0.15) is 0 Å². The minimum absolute atomic E-state index is 0.00785. The number of hydrogen-bond donors (Lipinski definition) is 5. The molecule has 0 fully saturated rings. The molecule has 0 spiro atoms. The van der Waals surface area contributed by atoms with Crippen molar-refractivity contribution in [3.8, 4) is 0 Å². The summed E-state index contributed by atoms with van der Waals surface area (Å²) < 4.78 is 50.0. The Kier molecular flexibility index (Phi) is 5.24. The fourth-order valence-corrected chi connectivity index (χ4v) is 3.15. The number of fused-ring (bicyclic) bond motifs is 1. The first kappa shape index (κ1) is 19.4. The van der Waals surface area contributed by atoms with Crippen LogP contribution in [0, 0.1) is 0 Å². The van der Waals surface area contributed by atoms with E-state index in [1.54, 1.807) is 0 Å². The molecule has 138 valence electrons. The average Bonchev–Trinajstić information content (AvgIpc) is 2.43. The first-order valence-corrected chi connectivity index (χ1v) is 8.81. The van der Waals surface area contributed by atoms with Gasteiger partial charge in [-0.05, 0) is 24.6 Å². The lowest BCUT2D eigenvalue weighted by Gasteiger charge is -2.16. The highest BCUT2D eigenvalue weighted by Gasteiger charge is 2.31. The van der Waals surface area contributed by atoms with Crippen LogP contribution >= 0.6 is 7.60 Å². The molecule has 0 aliphatic carbocycles. The fraction of sp³-hybridized carbons (Fsp3) is 0.385. The molecule has 0 aliphatic rings. The van der Waals surface area contributed by atoms with E-state index < -0.39 is 42.7 Å². The monoisotopic (exact) mass is 381 g/mol. The van der Waals surface area contributed by atoms with Gasteiger partial charge < -0.3 is 25.1 Å². The highest BCUT2D eigenvalue weighted by atomic mass is 31.2. The SMILES string of the molecule is C[C@@H](CP(=O)(O)O)NCc1cc(C(F)(F)F)cc2[nH]c(=O)c(=O)[nH]c12. The van der Waals surface area contributed by atoms with E-state index in [0.29, 0.717) is 6.07 Å². The number of nitrogens with one attached hydrogen (secondary N) is 3. The molecule has 12 heteroatoms. The number of H-pyrrole nitrogens is 2. The first-order valence-electron chi connectivity index (χ1n) is 7.01. The Labute approximate surface area is 138 Å². The van der Waals surface area contributed by atoms with E-state index in [1.807, 2.05) is 0 Å². The maximum absolute atomic E-state index is 13.0. The maximum Gasteiger partial charge on any atom is 0.416 e. The van der Waals surface area contributed by atoms with Gasteiger partial charge >= 0.3 is 24.9 Å². The lowest BCUT2D eigenvalue weighted by molar-refractivity contribution is -0.137. The molecule has 2 rings (SSSR count). The largest absolute Gasteiger partial charge is 0.416 e. The molecule has 8 nitrogen and oxygen atoms in total. The van der Waals surface area contributed by atoms with E-state index >= 15 is 0 Å². The molecule has 0 saturated heterocycles. The van der Waals surface area contributed by atoms with Crippen LogP contribution in [-0.4, -0.2) is 32.0 Å². The van der Waals surface area contributed by atoms with E-state index in [9.17, 15) is 27.3 Å². The summed E-state index contributed by atoms with van der Waals surface area (Å²) in [6, 6.07) is 0.808. The van der Waals surface area contributed by atoms with Gasteiger partial charge in [-0.1, -0.05) is 0 Å². The number of aromatic amines is 2. The summed E-state index contributed by atoms with van der Waals surface area (Å²) in [5.74, 6) is 0. The van der Waals surface area contributed by atoms with Crippen molar-refractivity contribution in [2.45, 2.75) is 25.7 Å². The lowest BCUT2D eigenvalue weighted by Crippen LogP contribution is -2.31. The molecule has 25 heavy (non-hydrogen) atoms. The van der Waals surface area contributed by atoms with Gasteiger partial charge in [-0.25, -0.2) is 0 Å². The zero-order chi connectivity index (χ0) is 19.0. The molecule has 1 aromatic heterocycles. The van der Waals surface area contributed by atoms with Crippen LogP contribution in [0.15, 0.2) is 21.7 Å². The Hall–Kier alpha value is -1.94. The molecular weight excluding hydrogens is 366 g/mol. The molecule has 2 aromatic rings. The summed E-state index contributed by atoms with van der Waals surface area (Å²) in [6.07, 6.45) is -5.18. The standard InChI is InChI=1S/C13H15F3N3O5P/c1-6(5-25(22,23)24)17-4-7-2-8(13(14,15)16)3-9-10(7)19-12(21)11(20)18-9/h2-3,6,17H,4-5H2,1H3,(H,18,20)(H,19,21)(H2,22,23,24)/t6-/m0/s1. The molecule has 0 radical (unpaired) electrons. The summed E-state index contributed by atoms with van der Waals surface area (Å²) in [6.45, 7) is 1.25. The van der Waals surface area contributed by atoms with Crippen molar-refractivity contribution in [3.05, 3.63) is 44.0 Å². The normalized spacial score (nSPS) is 14.0. The Bertz CT molecular complexity index is 947. The molecule has 0 bridgehead atoms. The molecule has 0 saturated carbocycles. The summed E-state index contributed by atoms with van der Waals surface area (Å²) in [7, 11) is -4.29. The minimum Gasteiger partial charge on any atom is -0.324 e. The highest BCUT2D eigenvalue weighted by Crippen LogP contribution is 2.35. The summed E-state index contributed by atoms with van der Waals surface area (Å²) in [4.78, 5) is 44.9. The van der Waals surface area contributed by atoms with Gasteiger partial charge in [0.15, 0.2) is 0 Å². The summed E-state index contributed by atoms with van der Waals surface area (Å²) in [5.41, 5.74) is -3.29.